The Balaban J connectivity index is 1.88. The molecule has 21 heavy (non-hydrogen) atoms. The zero-order chi connectivity index (χ0) is 15.5. The first-order chi connectivity index (χ1) is 9.90. The summed E-state index contributed by atoms with van der Waals surface area (Å²) in [7, 11) is 0. The molecule has 1 aromatic rings. The molecule has 0 aliphatic carbocycles. The number of carbonyl (C=O) groups is 1. The van der Waals surface area contributed by atoms with Crippen LogP contribution in [0.3, 0.4) is 0 Å². The molecule has 1 aliphatic rings. The number of anilines is 1. The monoisotopic (exact) mass is 287 g/mol. The number of hydrogen-bond acceptors (Lipinski definition) is 5. The number of nitrogens with zero attached hydrogens (tertiary/aromatic N) is 4. The van der Waals surface area contributed by atoms with E-state index >= 15 is 0 Å². The number of piperidine rings is 1. The first kappa shape index (κ1) is 15.2. The quantitative estimate of drug-likeness (QED) is 0.891. The van der Waals surface area contributed by atoms with Crippen LogP contribution in [0.2, 0.25) is 0 Å². The third-order valence-electron chi connectivity index (χ3n) is 3.56. The molecule has 6 nitrogen and oxygen atoms in total. The largest absolute Gasteiger partial charge is 0.353 e. The molecule has 1 aromatic heterocycles. The van der Waals surface area contributed by atoms with E-state index in [0.717, 1.165) is 25.9 Å². The molecule has 0 spiro atoms. The molecule has 0 saturated carbocycles. The summed E-state index contributed by atoms with van der Waals surface area (Å²) < 4.78 is 0. The summed E-state index contributed by atoms with van der Waals surface area (Å²) >= 11 is 0. The second-order valence-electron chi connectivity index (χ2n) is 6.37. The lowest BCUT2D eigenvalue weighted by Crippen LogP contribution is -2.48. The highest BCUT2D eigenvalue weighted by molar-refractivity contribution is 5.81. The minimum Gasteiger partial charge on any atom is -0.353 e. The fourth-order valence-electron chi connectivity index (χ4n) is 2.17. The normalized spacial score (nSPS) is 16.4. The van der Waals surface area contributed by atoms with Crippen molar-refractivity contribution < 1.29 is 4.79 Å². The predicted octanol–water partition coefficient (Wildman–Crippen LogP) is 1.48. The number of amides is 1. The van der Waals surface area contributed by atoms with Crippen LogP contribution in [0, 0.1) is 16.7 Å². The molecule has 0 atom stereocenters. The molecule has 112 valence electrons. The van der Waals surface area contributed by atoms with Crippen LogP contribution in [-0.2, 0) is 4.79 Å². The number of carbonyl (C=O) groups excluding carboxylic acids is 1. The minimum absolute atomic E-state index is 0.0931. The summed E-state index contributed by atoms with van der Waals surface area (Å²) in [5, 5.41) is 11.8. The lowest BCUT2D eigenvalue weighted by molar-refractivity contribution is -0.129. The molecule has 2 heterocycles. The Morgan fingerprint density at radius 2 is 1.90 bits per heavy atom. The number of nitrogens with one attached hydrogen (secondary N) is 1. The van der Waals surface area contributed by atoms with Crippen molar-refractivity contribution in [2.24, 2.45) is 5.41 Å². The van der Waals surface area contributed by atoms with Crippen LogP contribution >= 0.6 is 0 Å². The summed E-state index contributed by atoms with van der Waals surface area (Å²) in [5.41, 5.74) is 0.110. The van der Waals surface area contributed by atoms with Gasteiger partial charge in [0, 0.05) is 24.5 Å². The van der Waals surface area contributed by atoms with E-state index in [1.54, 1.807) is 0 Å². The second-order valence-corrected chi connectivity index (χ2v) is 6.37. The number of hydrogen-bond donors (Lipinski definition) is 1. The van der Waals surface area contributed by atoms with Gasteiger partial charge < -0.3 is 10.2 Å². The zero-order valence-corrected chi connectivity index (χ0v) is 12.8. The average Bonchev–Trinajstić information content (AvgIpc) is 2.47. The number of rotatable bonds is 2. The van der Waals surface area contributed by atoms with E-state index in [-0.39, 0.29) is 17.4 Å². The molecule has 2 rings (SSSR count). The van der Waals surface area contributed by atoms with Gasteiger partial charge in [0.15, 0.2) is 0 Å². The van der Waals surface area contributed by atoms with Gasteiger partial charge in [0.1, 0.15) is 6.07 Å². The molecule has 1 fully saturated rings. The smallest absolute Gasteiger partial charge is 0.225 e. The molecule has 1 aliphatic heterocycles. The first-order valence-corrected chi connectivity index (χ1v) is 7.18. The Labute approximate surface area is 125 Å². The molecule has 1 saturated heterocycles. The maximum absolute atomic E-state index is 12.0. The lowest BCUT2D eigenvalue weighted by atomic mass is 9.94. The fraction of sp³-hybridized carbons (Fsp3) is 0.600. The van der Waals surface area contributed by atoms with Crippen LogP contribution in [0.25, 0.3) is 0 Å². The summed E-state index contributed by atoms with van der Waals surface area (Å²) in [4.78, 5) is 22.5. The number of nitriles is 1. The van der Waals surface area contributed by atoms with E-state index in [9.17, 15) is 4.79 Å². The van der Waals surface area contributed by atoms with Gasteiger partial charge in [-0.1, -0.05) is 20.8 Å². The van der Waals surface area contributed by atoms with Gasteiger partial charge in [-0.25, -0.2) is 9.97 Å². The third kappa shape index (κ3) is 3.91. The van der Waals surface area contributed by atoms with E-state index in [4.69, 9.17) is 5.26 Å². The minimum atomic E-state index is -0.354. The van der Waals surface area contributed by atoms with Gasteiger partial charge in [0.2, 0.25) is 11.9 Å². The third-order valence-corrected chi connectivity index (χ3v) is 3.56. The summed E-state index contributed by atoms with van der Waals surface area (Å²) in [6.45, 7) is 7.37. The molecule has 0 radical (unpaired) electrons. The first-order valence-electron chi connectivity index (χ1n) is 7.18. The van der Waals surface area contributed by atoms with Gasteiger partial charge >= 0.3 is 0 Å². The van der Waals surface area contributed by atoms with Gasteiger partial charge in [-0.3, -0.25) is 4.79 Å². The van der Waals surface area contributed by atoms with Gasteiger partial charge in [0.05, 0.1) is 18.0 Å². The highest BCUT2D eigenvalue weighted by atomic mass is 16.2. The molecule has 1 N–H and O–H groups in total. The highest BCUT2D eigenvalue weighted by Crippen LogP contribution is 2.18. The van der Waals surface area contributed by atoms with Gasteiger partial charge in [-0.2, -0.15) is 5.26 Å². The van der Waals surface area contributed by atoms with Crippen molar-refractivity contribution in [3.63, 3.8) is 0 Å². The van der Waals surface area contributed by atoms with Crippen molar-refractivity contribution in [3.05, 3.63) is 18.0 Å². The van der Waals surface area contributed by atoms with Crippen molar-refractivity contribution >= 4 is 11.9 Å². The molecular formula is C15H21N5O. The van der Waals surface area contributed by atoms with Crippen molar-refractivity contribution in [1.82, 2.24) is 15.3 Å². The Kier molecular flexibility index (Phi) is 4.41. The van der Waals surface area contributed by atoms with E-state index in [0.29, 0.717) is 11.5 Å². The second kappa shape index (κ2) is 6.08. The maximum Gasteiger partial charge on any atom is 0.225 e. The Morgan fingerprint density at radius 1 is 1.33 bits per heavy atom. The van der Waals surface area contributed by atoms with Crippen LogP contribution in [0.5, 0.6) is 0 Å². The van der Waals surface area contributed by atoms with Gasteiger partial charge in [-0.15, -0.1) is 0 Å². The van der Waals surface area contributed by atoms with Crippen LogP contribution in [0.1, 0.15) is 39.2 Å². The Morgan fingerprint density at radius 3 is 2.38 bits per heavy atom. The molecule has 1 amide bonds. The van der Waals surface area contributed by atoms with Crippen LogP contribution in [0.15, 0.2) is 12.4 Å². The molecular weight excluding hydrogens is 266 g/mol. The maximum atomic E-state index is 12.0. The SMILES string of the molecule is CC(C)(C)C(=O)NC1CCN(c2ncc(C#N)cn2)CC1. The molecule has 0 bridgehead atoms. The Bertz CT molecular complexity index is 533. The summed E-state index contributed by atoms with van der Waals surface area (Å²) in [6, 6.07) is 2.22. The van der Waals surface area contributed by atoms with E-state index in [1.165, 1.54) is 12.4 Å². The highest BCUT2D eigenvalue weighted by Gasteiger charge is 2.27. The average molecular weight is 287 g/mol. The summed E-state index contributed by atoms with van der Waals surface area (Å²) in [5.74, 6) is 0.741. The molecule has 0 aromatic carbocycles. The van der Waals surface area contributed by atoms with Crippen molar-refractivity contribution in [2.75, 3.05) is 18.0 Å². The summed E-state index contributed by atoms with van der Waals surface area (Å²) in [6.07, 6.45) is 4.84. The fourth-order valence-corrected chi connectivity index (χ4v) is 2.17. The van der Waals surface area contributed by atoms with Gasteiger partial charge in [0.25, 0.3) is 0 Å². The van der Waals surface area contributed by atoms with Crippen LogP contribution in [0.4, 0.5) is 5.95 Å². The zero-order valence-electron chi connectivity index (χ0n) is 12.8. The van der Waals surface area contributed by atoms with Crippen LogP contribution in [-0.4, -0.2) is 35.0 Å². The van der Waals surface area contributed by atoms with Gasteiger partial charge in [-0.05, 0) is 12.8 Å². The number of aromatic nitrogens is 2. The standard InChI is InChI=1S/C15H21N5O/c1-15(2,3)13(21)19-12-4-6-20(7-5-12)14-17-9-11(8-16)10-18-14/h9-10,12H,4-7H2,1-3H3,(H,19,21). The lowest BCUT2D eigenvalue weighted by Gasteiger charge is -2.33. The van der Waals surface area contributed by atoms with E-state index < -0.39 is 0 Å². The molecule has 6 heteroatoms. The Hall–Kier alpha value is -2.16. The van der Waals surface area contributed by atoms with Crippen LogP contribution < -0.4 is 10.2 Å². The van der Waals surface area contributed by atoms with Crippen molar-refractivity contribution in [1.29, 1.82) is 5.26 Å². The van der Waals surface area contributed by atoms with Crippen molar-refractivity contribution in [3.8, 4) is 6.07 Å². The topological polar surface area (TPSA) is 81.9 Å². The van der Waals surface area contributed by atoms with Crippen molar-refractivity contribution in [2.45, 2.75) is 39.7 Å². The van der Waals surface area contributed by atoms with E-state index in [1.807, 2.05) is 26.8 Å². The predicted molar refractivity (Wildman–Crippen MR) is 79.6 cm³/mol. The molecule has 0 unspecified atom stereocenters. The van der Waals surface area contributed by atoms with E-state index in [2.05, 4.69) is 20.2 Å².